The van der Waals surface area contributed by atoms with Crippen molar-refractivity contribution >= 4 is 5.76 Å². The topological polar surface area (TPSA) is 21.3 Å². The van der Waals surface area contributed by atoms with Crippen LogP contribution >= 0.6 is 0 Å². The lowest BCUT2D eigenvalue weighted by Gasteiger charge is -2.56. The van der Waals surface area contributed by atoms with Crippen molar-refractivity contribution in [3.05, 3.63) is 70.8 Å². The van der Waals surface area contributed by atoms with Crippen LogP contribution in [0.25, 0.3) is 5.76 Å². The number of hydrogen-bond donors (Lipinski definition) is 1. The first-order chi connectivity index (χ1) is 13.4. The van der Waals surface area contributed by atoms with E-state index in [4.69, 9.17) is 4.74 Å². The van der Waals surface area contributed by atoms with Crippen molar-refractivity contribution < 1.29 is 4.74 Å². The SMILES string of the molecule is C1=C(c2cccc3c2C24CCCC[C@H]2[C@H](C3)NCC4)Oc2ccccc2C1. The van der Waals surface area contributed by atoms with Crippen LogP contribution in [0.1, 0.15) is 54.4 Å². The molecule has 3 atom stereocenters. The number of para-hydroxylation sites is 1. The standard InChI is InChI=1S/C25H27NO/c1-2-10-22-17(6-1)11-12-23(27-22)19-8-5-7-18-16-21-20-9-3-4-13-25(20,24(18)19)14-15-26-21/h1-2,5-8,10,12,20-21,26H,3-4,9,11,13-16H2/t20-,21-,25?/m0/s1. The summed E-state index contributed by atoms with van der Waals surface area (Å²) in [6, 6.07) is 16.1. The molecule has 2 fully saturated rings. The number of ether oxygens (including phenoxy) is 1. The van der Waals surface area contributed by atoms with Crippen molar-refractivity contribution in [1.29, 1.82) is 0 Å². The molecule has 2 heteroatoms. The smallest absolute Gasteiger partial charge is 0.131 e. The lowest BCUT2D eigenvalue weighted by atomic mass is 9.52. The van der Waals surface area contributed by atoms with Crippen molar-refractivity contribution in [2.75, 3.05) is 6.54 Å². The van der Waals surface area contributed by atoms with Gasteiger partial charge in [-0.2, -0.15) is 0 Å². The summed E-state index contributed by atoms with van der Waals surface area (Å²) in [6.45, 7) is 1.16. The number of benzene rings is 2. The van der Waals surface area contributed by atoms with E-state index >= 15 is 0 Å². The summed E-state index contributed by atoms with van der Waals surface area (Å²) in [4.78, 5) is 0. The molecule has 1 unspecified atom stereocenters. The molecule has 0 amide bonds. The van der Waals surface area contributed by atoms with E-state index in [2.05, 4.69) is 53.9 Å². The Morgan fingerprint density at radius 3 is 2.89 bits per heavy atom. The van der Waals surface area contributed by atoms with Crippen molar-refractivity contribution in [1.82, 2.24) is 5.32 Å². The molecule has 4 aliphatic rings. The van der Waals surface area contributed by atoms with Crippen molar-refractivity contribution in [2.45, 2.75) is 56.4 Å². The summed E-state index contributed by atoms with van der Waals surface area (Å²) in [5.74, 6) is 2.91. The molecule has 2 aliphatic carbocycles. The summed E-state index contributed by atoms with van der Waals surface area (Å²) >= 11 is 0. The van der Waals surface area contributed by atoms with Crippen molar-refractivity contribution in [3.8, 4) is 5.75 Å². The van der Waals surface area contributed by atoms with E-state index in [1.807, 2.05) is 0 Å². The van der Waals surface area contributed by atoms with E-state index in [9.17, 15) is 0 Å². The van der Waals surface area contributed by atoms with E-state index in [1.165, 1.54) is 49.7 Å². The van der Waals surface area contributed by atoms with Crippen LogP contribution < -0.4 is 10.1 Å². The maximum atomic E-state index is 6.44. The molecule has 138 valence electrons. The van der Waals surface area contributed by atoms with Crippen LogP contribution in [0.4, 0.5) is 0 Å². The van der Waals surface area contributed by atoms with E-state index in [1.54, 1.807) is 11.1 Å². The third kappa shape index (κ3) is 2.29. The normalized spacial score (nSPS) is 31.0. The van der Waals surface area contributed by atoms with E-state index in [0.717, 1.165) is 30.4 Å². The maximum absolute atomic E-state index is 6.44. The molecule has 2 aliphatic heterocycles. The summed E-state index contributed by atoms with van der Waals surface area (Å²) < 4.78 is 6.44. The van der Waals surface area contributed by atoms with E-state index < -0.39 is 0 Å². The Balaban J connectivity index is 1.50. The summed E-state index contributed by atoms with van der Waals surface area (Å²) in [7, 11) is 0. The minimum atomic E-state index is 0.361. The fourth-order valence-corrected chi connectivity index (χ4v) is 6.54. The summed E-state index contributed by atoms with van der Waals surface area (Å²) in [5, 5.41) is 3.85. The van der Waals surface area contributed by atoms with E-state index in [-0.39, 0.29) is 0 Å². The van der Waals surface area contributed by atoms with Crippen LogP contribution in [0.15, 0.2) is 48.5 Å². The van der Waals surface area contributed by atoms with Crippen LogP contribution in [0.2, 0.25) is 0 Å². The first-order valence-electron chi connectivity index (χ1n) is 10.7. The van der Waals surface area contributed by atoms with Gasteiger partial charge in [0.1, 0.15) is 11.5 Å². The fourth-order valence-electron chi connectivity index (χ4n) is 6.54. The molecule has 2 heterocycles. The van der Waals surface area contributed by atoms with Crippen LogP contribution in [0.3, 0.4) is 0 Å². The predicted octanol–water partition coefficient (Wildman–Crippen LogP) is 5.01. The highest BCUT2D eigenvalue weighted by Crippen LogP contribution is 2.55. The minimum absolute atomic E-state index is 0.361. The zero-order valence-electron chi connectivity index (χ0n) is 15.8. The molecule has 6 rings (SSSR count). The highest BCUT2D eigenvalue weighted by atomic mass is 16.5. The highest BCUT2D eigenvalue weighted by Gasteiger charge is 2.52. The Morgan fingerprint density at radius 2 is 1.89 bits per heavy atom. The second-order valence-corrected chi connectivity index (χ2v) is 8.85. The molecule has 1 saturated heterocycles. The second-order valence-electron chi connectivity index (χ2n) is 8.85. The minimum Gasteiger partial charge on any atom is -0.457 e. The van der Waals surface area contributed by atoms with Gasteiger partial charge in [0.25, 0.3) is 0 Å². The molecule has 1 saturated carbocycles. The van der Waals surface area contributed by atoms with Crippen LogP contribution in [0.5, 0.6) is 5.75 Å². The number of allylic oxidation sites excluding steroid dienone is 1. The molecule has 27 heavy (non-hydrogen) atoms. The third-order valence-electron chi connectivity index (χ3n) is 7.61. The van der Waals surface area contributed by atoms with Crippen molar-refractivity contribution in [2.24, 2.45) is 5.92 Å². The van der Waals surface area contributed by atoms with Gasteiger partial charge in [0, 0.05) is 17.0 Å². The van der Waals surface area contributed by atoms with Gasteiger partial charge in [-0.3, -0.25) is 0 Å². The van der Waals surface area contributed by atoms with Gasteiger partial charge in [-0.1, -0.05) is 49.2 Å². The Kier molecular flexibility index (Phi) is 3.53. The van der Waals surface area contributed by atoms with Gasteiger partial charge in [0.2, 0.25) is 0 Å². The molecular formula is C25H27NO. The van der Waals surface area contributed by atoms with E-state index in [0.29, 0.717) is 11.5 Å². The number of fused-ring (bicyclic) bond motifs is 2. The van der Waals surface area contributed by atoms with Crippen molar-refractivity contribution in [3.63, 3.8) is 0 Å². The lowest BCUT2D eigenvalue weighted by molar-refractivity contribution is 0.0793. The Bertz CT molecular complexity index is 926. The van der Waals surface area contributed by atoms with Gasteiger partial charge in [-0.15, -0.1) is 0 Å². The Hall–Kier alpha value is -2.06. The van der Waals surface area contributed by atoms with Gasteiger partial charge in [0.15, 0.2) is 0 Å². The number of nitrogens with one attached hydrogen (secondary N) is 1. The quantitative estimate of drug-likeness (QED) is 0.775. The fraction of sp³-hybridized carbons (Fsp3) is 0.440. The predicted molar refractivity (Wildman–Crippen MR) is 109 cm³/mol. The highest BCUT2D eigenvalue weighted by molar-refractivity contribution is 5.71. The molecule has 0 aromatic heterocycles. The molecule has 2 aromatic rings. The third-order valence-corrected chi connectivity index (χ3v) is 7.61. The van der Waals surface area contributed by atoms with Crippen LogP contribution in [0, 0.1) is 5.92 Å². The lowest BCUT2D eigenvalue weighted by Crippen LogP contribution is -2.59. The van der Waals surface area contributed by atoms with Gasteiger partial charge in [-0.25, -0.2) is 0 Å². The molecule has 2 bridgehead atoms. The molecular weight excluding hydrogens is 330 g/mol. The molecule has 2 nitrogen and oxygen atoms in total. The van der Waals surface area contributed by atoms with Gasteiger partial charge < -0.3 is 10.1 Å². The van der Waals surface area contributed by atoms with Gasteiger partial charge in [-0.05, 0) is 73.4 Å². The number of hydrogen-bond acceptors (Lipinski definition) is 2. The monoisotopic (exact) mass is 357 g/mol. The first-order valence-corrected chi connectivity index (χ1v) is 10.7. The summed E-state index contributed by atoms with van der Waals surface area (Å²) in [5.41, 5.74) is 6.22. The van der Waals surface area contributed by atoms with Gasteiger partial charge in [0.05, 0.1) is 0 Å². The molecule has 0 spiro atoms. The maximum Gasteiger partial charge on any atom is 0.131 e. The zero-order chi connectivity index (χ0) is 17.8. The Labute approximate surface area is 161 Å². The number of piperidine rings is 1. The second kappa shape index (κ2) is 5.97. The average molecular weight is 357 g/mol. The first kappa shape index (κ1) is 15.9. The zero-order valence-corrected chi connectivity index (χ0v) is 15.8. The Morgan fingerprint density at radius 1 is 0.963 bits per heavy atom. The largest absolute Gasteiger partial charge is 0.457 e. The van der Waals surface area contributed by atoms with Crippen LogP contribution in [-0.4, -0.2) is 12.6 Å². The van der Waals surface area contributed by atoms with Gasteiger partial charge >= 0.3 is 0 Å². The average Bonchev–Trinajstić information content (AvgIpc) is 2.73. The molecule has 0 radical (unpaired) electrons. The number of rotatable bonds is 1. The van der Waals surface area contributed by atoms with Crippen LogP contribution in [-0.2, 0) is 18.3 Å². The summed E-state index contributed by atoms with van der Waals surface area (Å²) in [6.07, 6.45) is 11.2. The molecule has 2 aromatic carbocycles. The molecule has 1 N–H and O–H groups in total.